The summed E-state index contributed by atoms with van der Waals surface area (Å²) in [6.07, 6.45) is 6.38. The number of hydrogen-bond acceptors (Lipinski definition) is 4. The van der Waals surface area contributed by atoms with Crippen molar-refractivity contribution >= 4 is 0 Å². The standard InChI is InChI=1S/C9H12N6/c10-9(2-1-3-9)8-11-4-6(14-8)7-12-5-13-15-7/h4-5H,1-3,10H2,(H,11,14)(H,12,13,15). The molecule has 78 valence electrons. The maximum atomic E-state index is 6.15. The molecule has 2 aromatic heterocycles. The maximum absolute atomic E-state index is 6.15. The van der Waals surface area contributed by atoms with Crippen molar-refractivity contribution in [3.8, 4) is 11.5 Å². The third-order valence-corrected chi connectivity index (χ3v) is 2.96. The molecule has 3 rings (SSSR count). The van der Waals surface area contributed by atoms with Crippen LogP contribution in [0.15, 0.2) is 12.5 Å². The molecule has 15 heavy (non-hydrogen) atoms. The quantitative estimate of drug-likeness (QED) is 0.664. The van der Waals surface area contributed by atoms with Crippen molar-refractivity contribution in [1.29, 1.82) is 0 Å². The minimum atomic E-state index is -0.252. The van der Waals surface area contributed by atoms with Crippen LogP contribution in [0.5, 0.6) is 0 Å². The minimum Gasteiger partial charge on any atom is -0.338 e. The molecule has 6 heteroatoms. The van der Waals surface area contributed by atoms with Crippen molar-refractivity contribution in [3.63, 3.8) is 0 Å². The monoisotopic (exact) mass is 204 g/mol. The van der Waals surface area contributed by atoms with Crippen LogP contribution >= 0.6 is 0 Å². The Labute approximate surface area is 86.3 Å². The fourth-order valence-electron chi connectivity index (χ4n) is 1.82. The van der Waals surface area contributed by atoms with Gasteiger partial charge < -0.3 is 10.7 Å². The van der Waals surface area contributed by atoms with E-state index in [0.717, 1.165) is 24.4 Å². The zero-order valence-electron chi connectivity index (χ0n) is 8.20. The van der Waals surface area contributed by atoms with Crippen LogP contribution < -0.4 is 5.73 Å². The highest BCUT2D eigenvalue weighted by Gasteiger charge is 2.37. The lowest BCUT2D eigenvalue weighted by molar-refractivity contribution is 0.240. The third kappa shape index (κ3) is 1.25. The summed E-state index contributed by atoms with van der Waals surface area (Å²) in [6.45, 7) is 0. The Kier molecular flexibility index (Phi) is 1.66. The van der Waals surface area contributed by atoms with Gasteiger partial charge in [0.1, 0.15) is 17.8 Å². The van der Waals surface area contributed by atoms with Gasteiger partial charge in [0.05, 0.1) is 11.7 Å². The first-order valence-electron chi connectivity index (χ1n) is 4.98. The molecule has 0 amide bonds. The molecule has 1 fully saturated rings. The molecule has 0 radical (unpaired) electrons. The molecule has 0 atom stereocenters. The fraction of sp³-hybridized carbons (Fsp3) is 0.444. The third-order valence-electron chi connectivity index (χ3n) is 2.96. The highest BCUT2D eigenvalue weighted by Crippen LogP contribution is 2.37. The molecule has 0 bridgehead atoms. The van der Waals surface area contributed by atoms with Gasteiger partial charge in [-0.3, -0.25) is 5.10 Å². The van der Waals surface area contributed by atoms with Gasteiger partial charge >= 0.3 is 0 Å². The molecule has 0 spiro atoms. The second-order valence-electron chi connectivity index (χ2n) is 3.99. The topological polar surface area (TPSA) is 96.3 Å². The van der Waals surface area contributed by atoms with E-state index in [1.54, 1.807) is 6.20 Å². The molecule has 6 nitrogen and oxygen atoms in total. The molecule has 2 heterocycles. The highest BCUT2D eigenvalue weighted by molar-refractivity contribution is 5.47. The zero-order chi connectivity index (χ0) is 10.3. The van der Waals surface area contributed by atoms with Crippen molar-refractivity contribution in [2.75, 3.05) is 0 Å². The Morgan fingerprint density at radius 2 is 2.20 bits per heavy atom. The average molecular weight is 204 g/mol. The van der Waals surface area contributed by atoms with Gasteiger partial charge in [-0.05, 0) is 19.3 Å². The molecular weight excluding hydrogens is 192 g/mol. The Morgan fingerprint density at radius 3 is 2.80 bits per heavy atom. The van der Waals surface area contributed by atoms with Crippen molar-refractivity contribution in [2.45, 2.75) is 24.8 Å². The molecule has 4 N–H and O–H groups in total. The Hall–Kier alpha value is -1.69. The molecule has 0 saturated heterocycles. The van der Waals surface area contributed by atoms with Gasteiger partial charge in [0.2, 0.25) is 0 Å². The zero-order valence-corrected chi connectivity index (χ0v) is 8.20. The van der Waals surface area contributed by atoms with E-state index in [9.17, 15) is 0 Å². The Morgan fingerprint density at radius 1 is 1.33 bits per heavy atom. The van der Waals surface area contributed by atoms with Gasteiger partial charge in [0.15, 0.2) is 5.82 Å². The average Bonchev–Trinajstić information content (AvgIpc) is 2.84. The molecule has 0 aliphatic heterocycles. The number of hydrogen-bond donors (Lipinski definition) is 3. The lowest BCUT2D eigenvalue weighted by Gasteiger charge is -2.35. The summed E-state index contributed by atoms with van der Waals surface area (Å²) in [7, 11) is 0. The molecule has 2 aromatic rings. The van der Waals surface area contributed by atoms with Crippen LogP contribution in [-0.2, 0) is 5.54 Å². The van der Waals surface area contributed by atoms with Gasteiger partial charge in [-0.1, -0.05) is 0 Å². The van der Waals surface area contributed by atoms with E-state index in [1.165, 1.54) is 12.7 Å². The number of H-pyrrole nitrogens is 2. The van der Waals surface area contributed by atoms with Crippen molar-refractivity contribution in [3.05, 3.63) is 18.3 Å². The Balaban J connectivity index is 1.94. The first-order valence-corrected chi connectivity index (χ1v) is 4.98. The van der Waals surface area contributed by atoms with Crippen molar-refractivity contribution in [1.82, 2.24) is 25.1 Å². The smallest absolute Gasteiger partial charge is 0.173 e. The first-order chi connectivity index (χ1) is 7.28. The molecule has 1 aliphatic rings. The van der Waals surface area contributed by atoms with E-state index in [4.69, 9.17) is 5.73 Å². The fourth-order valence-corrected chi connectivity index (χ4v) is 1.82. The number of aromatic nitrogens is 5. The number of rotatable bonds is 2. The predicted octanol–water partition coefficient (Wildman–Crippen LogP) is 0.533. The van der Waals surface area contributed by atoms with Crippen LogP contribution in [0.3, 0.4) is 0 Å². The summed E-state index contributed by atoms with van der Waals surface area (Å²) >= 11 is 0. The van der Waals surface area contributed by atoms with E-state index >= 15 is 0 Å². The van der Waals surface area contributed by atoms with Gasteiger partial charge in [0.25, 0.3) is 0 Å². The van der Waals surface area contributed by atoms with Crippen LogP contribution in [0.4, 0.5) is 0 Å². The van der Waals surface area contributed by atoms with Gasteiger partial charge in [-0.15, -0.1) is 0 Å². The summed E-state index contributed by atoms with van der Waals surface area (Å²) in [4.78, 5) is 11.5. The predicted molar refractivity (Wildman–Crippen MR) is 53.7 cm³/mol. The second kappa shape index (κ2) is 2.90. The number of imidazole rings is 1. The van der Waals surface area contributed by atoms with E-state index in [-0.39, 0.29) is 5.54 Å². The lowest BCUT2D eigenvalue weighted by Crippen LogP contribution is -2.44. The Bertz CT molecular complexity index is 453. The van der Waals surface area contributed by atoms with E-state index in [2.05, 4.69) is 25.1 Å². The van der Waals surface area contributed by atoms with E-state index in [1.807, 2.05) is 0 Å². The van der Waals surface area contributed by atoms with Crippen molar-refractivity contribution in [2.24, 2.45) is 5.73 Å². The van der Waals surface area contributed by atoms with Crippen LogP contribution in [0.1, 0.15) is 25.1 Å². The van der Waals surface area contributed by atoms with Crippen LogP contribution in [0.2, 0.25) is 0 Å². The number of nitrogens with zero attached hydrogens (tertiary/aromatic N) is 3. The van der Waals surface area contributed by atoms with Gasteiger partial charge in [0, 0.05) is 0 Å². The normalized spacial score (nSPS) is 18.7. The molecule has 1 saturated carbocycles. The number of aromatic amines is 2. The van der Waals surface area contributed by atoms with Gasteiger partial charge in [-0.2, -0.15) is 5.10 Å². The van der Waals surface area contributed by atoms with Crippen LogP contribution in [0, 0.1) is 0 Å². The molecule has 1 aliphatic carbocycles. The summed E-state index contributed by atoms with van der Waals surface area (Å²) in [5.74, 6) is 1.54. The lowest BCUT2D eigenvalue weighted by atomic mass is 9.77. The van der Waals surface area contributed by atoms with E-state index in [0.29, 0.717) is 5.82 Å². The first kappa shape index (κ1) is 8.60. The minimum absolute atomic E-state index is 0.252. The number of nitrogens with two attached hydrogens (primary N) is 1. The second-order valence-corrected chi connectivity index (χ2v) is 3.99. The largest absolute Gasteiger partial charge is 0.338 e. The molecular formula is C9H12N6. The summed E-state index contributed by atoms with van der Waals surface area (Å²) in [6, 6.07) is 0. The van der Waals surface area contributed by atoms with Crippen LogP contribution in [0.25, 0.3) is 11.5 Å². The van der Waals surface area contributed by atoms with Gasteiger partial charge in [-0.25, -0.2) is 9.97 Å². The summed E-state index contributed by atoms with van der Waals surface area (Å²) < 4.78 is 0. The summed E-state index contributed by atoms with van der Waals surface area (Å²) in [5.41, 5.74) is 6.73. The molecule has 0 aromatic carbocycles. The SMILES string of the molecule is NC1(c2ncc(-c3ncn[nH]3)[nH]2)CCC1. The van der Waals surface area contributed by atoms with Crippen molar-refractivity contribution < 1.29 is 0 Å². The highest BCUT2D eigenvalue weighted by atomic mass is 15.2. The number of nitrogens with one attached hydrogen (secondary N) is 2. The maximum Gasteiger partial charge on any atom is 0.173 e. The summed E-state index contributed by atoms with van der Waals surface area (Å²) in [5, 5.41) is 6.57. The van der Waals surface area contributed by atoms with E-state index < -0.39 is 0 Å². The molecule has 0 unspecified atom stereocenters. The van der Waals surface area contributed by atoms with Crippen LogP contribution in [-0.4, -0.2) is 25.1 Å².